The molecule has 2 bridgehead atoms. The predicted octanol–water partition coefficient (Wildman–Crippen LogP) is 16.8. The Morgan fingerprint density at radius 3 is 1.83 bits per heavy atom. The number of rotatable bonds is 8. The van der Waals surface area contributed by atoms with Crippen molar-refractivity contribution in [1.29, 1.82) is 0 Å². The van der Waals surface area contributed by atoms with Crippen LogP contribution in [0.4, 0.5) is 17.1 Å². The first-order chi connectivity index (χ1) is 29.0. The van der Waals surface area contributed by atoms with Crippen LogP contribution in [0.2, 0.25) is 0 Å². The number of fused-ring (bicyclic) bond motifs is 5. The zero-order valence-electron chi connectivity index (χ0n) is 35.4. The van der Waals surface area contributed by atoms with E-state index in [1.165, 1.54) is 163 Å². The zero-order chi connectivity index (χ0) is 39.5. The smallest absolute Gasteiger partial charge is 0.0543 e. The van der Waals surface area contributed by atoms with Gasteiger partial charge in [-0.2, -0.15) is 0 Å². The molecular formula is C58H61N. The van der Waals surface area contributed by atoms with E-state index in [-0.39, 0.29) is 5.41 Å². The number of nitrogens with zero attached hydrogens (tertiary/aromatic N) is 1. The fraction of sp³-hybridized carbons (Fsp3) is 0.379. The fourth-order valence-corrected chi connectivity index (χ4v) is 13.0. The van der Waals surface area contributed by atoms with E-state index in [1.807, 2.05) is 0 Å². The van der Waals surface area contributed by atoms with Gasteiger partial charge in [0.1, 0.15) is 0 Å². The lowest BCUT2D eigenvalue weighted by atomic mass is 9.77. The van der Waals surface area contributed by atoms with E-state index in [4.69, 9.17) is 0 Å². The molecule has 0 aliphatic heterocycles. The van der Waals surface area contributed by atoms with E-state index in [0.717, 1.165) is 11.8 Å². The van der Waals surface area contributed by atoms with Crippen molar-refractivity contribution in [2.45, 2.75) is 127 Å². The maximum absolute atomic E-state index is 2.65. The quantitative estimate of drug-likeness (QED) is 0.149. The van der Waals surface area contributed by atoms with Gasteiger partial charge in [-0.05, 0) is 149 Å². The Labute approximate surface area is 353 Å². The fourth-order valence-electron chi connectivity index (χ4n) is 13.0. The Kier molecular flexibility index (Phi) is 9.63. The molecule has 5 aliphatic rings. The Hall–Kier alpha value is -4.88. The van der Waals surface area contributed by atoms with Gasteiger partial charge in [0.15, 0.2) is 0 Å². The molecule has 6 aromatic carbocycles. The van der Waals surface area contributed by atoms with E-state index in [1.54, 1.807) is 5.56 Å². The first-order valence-electron chi connectivity index (χ1n) is 23.5. The molecule has 4 saturated carbocycles. The Morgan fingerprint density at radius 2 is 1.12 bits per heavy atom. The van der Waals surface area contributed by atoms with Crippen LogP contribution < -0.4 is 4.90 Å². The maximum Gasteiger partial charge on any atom is 0.0543 e. The molecule has 298 valence electrons. The van der Waals surface area contributed by atoms with Crippen molar-refractivity contribution < 1.29 is 0 Å². The number of para-hydroxylation sites is 1. The number of anilines is 3. The first kappa shape index (κ1) is 37.1. The lowest BCUT2D eigenvalue weighted by Gasteiger charge is -2.34. The average Bonchev–Trinajstić information content (AvgIpc) is 4.00. The van der Waals surface area contributed by atoms with E-state index in [9.17, 15) is 0 Å². The van der Waals surface area contributed by atoms with Crippen molar-refractivity contribution in [3.8, 4) is 33.4 Å². The average molecular weight is 772 g/mol. The summed E-state index contributed by atoms with van der Waals surface area (Å²) < 4.78 is 0. The topological polar surface area (TPSA) is 3.24 Å². The van der Waals surface area contributed by atoms with Gasteiger partial charge in [-0.3, -0.25) is 0 Å². The summed E-state index contributed by atoms with van der Waals surface area (Å²) in [6.07, 6.45) is 19.0. The molecule has 59 heavy (non-hydrogen) atoms. The Bertz CT molecular complexity index is 2460. The summed E-state index contributed by atoms with van der Waals surface area (Å²) in [5, 5.41) is 0. The van der Waals surface area contributed by atoms with Crippen molar-refractivity contribution in [2.75, 3.05) is 4.90 Å². The predicted molar refractivity (Wildman–Crippen MR) is 249 cm³/mol. The molecule has 3 atom stereocenters. The highest BCUT2D eigenvalue weighted by Crippen LogP contribution is 2.58. The third kappa shape index (κ3) is 6.50. The Balaban J connectivity index is 1.13. The molecule has 0 radical (unpaired) electrons. The largest absolute Gasteiger partial charge is 0.309 e. The van der Waals surface area contributed by atoms with Gasteiger partial charge in [0.25, 0.3) is 0 Å². The summed E-state index contributed by atoms with van der Waals surface area (Å²) in [6.45, 7) is 4.92. The van der Waals surface area contributed by atoms with Crippen LogP contribution in [-0.2, 0) is 5.41 Å². The van der Waals surface area contributed by atoms with Crippen molar-refractivity contribution in [3.63, 3.8) is 0 Å². The van der Waals surface area contributed by atoms with Gasteiger partial charge >= 0.3 is 0 Å². The van der Waals surface area contributed by atoms with E-state index in [2.05, 4.69) is 152 Å². The molecule has 4 fully saturated rings. The van der Waals surface area contributed by atoms with Crippen LogP contribution in [0.5, 0.6) is 0 Å². The van der Waals surface area contributed by atoms with E-state index in [0.29, 0.717) is 17.8 Å². The van der Waals surface area contributed by atoms with Gasteiger partial charge in [0.2, 0.25) is 0 Å². The molecule has 0 amide bonds. The van der Waals surface area contributed by atoms with E-state index < -0.39 is 0 Å². The molecule has 0 N–H and O–H groups in total. The van der Waals surface area contributed by atoms with Crippen molar-refractivity contribution in [2.24, 2.45) is 11.8 Å². The highest BCUT2D eigenvalue weighted by atomic mass is 15.1. The van der Waals surface area contributed by atoms with Crippen LogP contribution in [0.3, 0.4) is 0 Å². The van der Waals surface area contributed by atoms with Crippen LogP contribution in [0.15, 0.2) is 133 Å². The molecule has 11 rings (SSSR count). The zero-order valence-corrected chi connectivity index (χ0v) is 35.4. The highest BCUT2D eigenvalue weighted by molar-refractivity contribution is 5.99. The van der Waals surface area contributed by atoms with Gasteiger partial charge in [0, 0.05) is 22.2 Å². The molecule has 0 spiro atoms. The minimum absolute atomic E-state index is 0.163. The van der Waals surface area contributed by atoms with Crippen molar-refractivity contribution in [1.82, 2.24) is 0 Å². The molecule has 1 heteroatoms. The van der Waals surface area contributed by atoms with Gasteiger partial charge in [0.05, 0.1) is 11.4 Å². The molecule has 0 saturated heterocycles. The minimum atomic E-state index is -0.163. The third-order valence-corrected chi connectivity index (χ3v) is 16.0. The SMILES string of the molecule is CC1(C)c2ccccc2-c2ccc(N(c3ccc(C4CC5CCC4C5)cc3)c3ccccc3-c3ccccc3C3CCCCC3)c(-c3ccc(C4CCCCC4)cc3)c21. The summed E-state index contributed by atoms with van der Waals surface area (Å²) in [6, 6.07) is 52.7. The van der Waals surface area contributed by atoms with Crippen LogP contribution in [-0.4, -0.2) is 0 Å². The monoisotopic (exact) mass is 771 g/mol. The van der Waals surface area contributed by atoms with Gasteiger partial charge < -0.3 is 4.90 Å². The van der Waals surface area contributed by atoms with E-state index >= 15 is 0 Å². The van der Waals surface area contributed by atoms with Crippen molar-refractivity contribution in [3.05, 3.63) is 161 Å². The van der Waals surface area contributed by atoms with Gasteiger partial charge in [-0.1, -0.05) is 168 Å². The second-order valence-electron chi connectivity index (χ2n) is 19.7. The van der Waals surface area contributed by atoms with Crippen LogP contribution in [0, 0.1) is 11.8 Å². The minimum Gasteiger partial charge on any atom is -0.309 e. The Morgan fingerprint density at radius 1 is 0.475 bits per heavy atom. The molecule has 0 aromatic heterocycles. The lowest BCUT2D eigenvalue weighted by molar-refractivity contribution is 0.420. The second kappa shape index (κ2) is 15.3. The lowest BCUT2D eigenvalue weighted by Crippen LogP contribution is -2.19. The standard InChI is InChI=1S/C58H61N/c1-58(2)53-23-13-11-21-49(53)51-35-36-55(56(57(51)58)44-29-27-41(28-30-44)40-15-5-3-6-16-40)59(46-33-31-43(32-34-46)52-38-39-25-26-45(52)37-39)54-24-14-12-22-50(54)48-20-10-9-19-47(48)42-17-7-4-8-18-42/h9-14,19-24,27-36,39-40,42,45,52H,3-8,15-18,25-26,37-38H2,1-2H3. The second-order valence-corrected chi connectivity index (χ2v) is 19.7. The first-order valence-corrected chi connectivity index (χ1v) is 23.5. The molecule has 0 heterocycles. The van der Waals surface area contributed by atoms with Crippen LogP contribution in [0.25, 0.3) is 33.4 Å². The summed E-state index contributed by atoms with van der Waals surface area (Å²) in [4.78, 5) is 2.65. The van der Waals surface area contributed by atoms with Gasteiger partial charge in [-0.15, -0.1) is 0 Å². The number of hydrogen-bond acceptors (Lipinski definition) is 1. The summed E-state index contributed by atoms with van der Waals surface area (Å²) in [7, 11) is 0. The number of hydrogen-bond donors (Lipinski definition) is 0. The highest BCUT2D eigenvalue weighted by Gasteiger charge is 2.41. The number of benzene rings is 6. The molecule has 6 aromatic rings. The maximum atomic E-state index is 2.65. The van der Waals surface area contributed by atoms with Gasteiger partial charge in [-0.25, -0.2) is 0 Å². The van der Waals surface area contributed by atoms with Crippen LogP contribution >= 0.6 is 0 Å². The molecule has 3 unspecified atom stereocenters. The van der Waals surface area contributed by atoms with Crippen LogP contribution in [0.1, 0.15) is 149 Å². The molecule has 1 nitrogen and oxygen atoms in total. The van der Waals surface area contributed by atoms with Crippen molar-refractivity contribution >= 4 is 17.1 Å². The summed E-state index contributed by atoms with van der Waals surface area (Å²) >= 11 is 0. The molecular weight excluding hydrogens is 711 g/mol. The molecule has 5 aliphatic carbocycles. The summed E-state index contributed by atoms with van der Waals surface area (Å²) in [5.74, 6) is 3.80. The normalized spacial score (nSPS) is 22.3. The summed E-state index contributed by atoms with van der Waals surface area (Å²) in [5.41, 5.74) is 19.2. The third-order valence-electron chi connectivity index (χ3n) is 16.0.